The van der Waals surface area contributed by atoms with Gasteiger partial charge in [-0.25, -0.2) is 0 Å². The number of nitrogens with zero attached hydrogens (tertiary/aromatic N) is 2. The van der Waals surface area contributed by atoms with Gasteiger partial charge in [0.05, 0.1) is 6.10 Å². The van der Waals surface area contributed by atoms with E-state index in [9.17, 15) is 33.9 Å². The van der Waals surface area contributed by atoms with Gasteiger partial charge in [0.15, 0.2) is 0 Å². The normalized spacial score (nSPS) is 25.3. The van der Waals surface area contributed by atoms with Gasteiger partial charge in [0.25, 0.3) is 0 Å². The van der Waals surface area contributed by atoms with E-state index < -0.39 is 59.9 Å². The van der Waals surface area contributed by atoms with Crippen molar-refractivity contribution < 1.29 is 33.9 Å². The van der Waals surface area contributed by atoms with Crippen LogP contribution in [0.1, 0.15) is 81.1 Å². The second kappa shape index (κ2) is 16.2. The first-order valence-corrected chi connectivity index (χ1v) is 16.0. The fraction of sp³-hybridized carbons (Fsp3) is 0.806. The summed E-state index contributed by atoms with van der Waals surface area (Å²) in [5.74, 6) is -2.57. The molecule has 9 atom stereocenters. The molecule has 2 aliphatic heterocycles. The summed E-state index contributed by atoms with van der Waals surface area (Å²) in [6.07, 6.45) is 0.596. The summed E-state index contributed by atoms with van der Waals surface area (Å²) in [4.78, 5) is 81.9. The summed E-state index contributed by atoms with van der Waals surface area (Å²) in [5, 5.41) is 20.6. The fourth-order valence-corrected chi connectivity index (χ4v) is 5.77. The summed E-state index contributed by atoms with van der Waals surface area (Å²) in [6, 6.07) is -4.63. The molecule has 13 heteroatoms. The quantitative estimate of drug-likeness (QED) is 0.206. The Morgan fingerprint density at radius 2 is 1.36 bits per heavy atom. The van der Waals surface area contributed by atoms with Crippen LogP contribution in [0.5, 0.6) is 0 Å². The van der Waals surface area contributed by atoms with Crippen LogP contribution in [-0.2, 0) is 28.8 Å². The summed E-state index contributed by atoms with van der Waals surface area (Å²) >= 11 is 0. The molecule has 2 heterocycles. The first kappa shape index (κ1) is 37.0. The highest BCUT2D eigenvalue weighted by Gasteiger charge is 2.43. The molecule has 0 aromatic heterocycles. The summed E-state index contributed by atoms with van der Waals surface area (Å²) in [5.41, 5.74) is 0. The smallest absolute Gasteiger partial charge is 0.245 e. The minimum Gasteiger partial charge on any atom is -0.391 e. The van der Waals surface area contributed by atoms with Crippen LogP contribution in [0.25, 0.3) is 0 Å². The molecule has 2 rings (SSSR count). The van der Waals surface area contributed by atoms with Crippen LogP contribution in [0.2, 0.25) is 0 Å². The van der Waals surface area contributed by atoms with Crippen molar-refractivity contribution in [2.45, 2.75) is 117 Å². The Morgan fingerprint density at radius 1 is 0.795 bits per heavy atom. The molecular weight excluding hydrogens is 568 g/mol. The monoisotopic (exact) mass is 622 g/mol. The zero-order chi connectivity index (χ0) is 33.5. The molecule has 0 aromatic rings. The lowest BCUT2D eigenvalue weighted by Crippen LogP contribution is -2.61. The lowest BCUT2D eigenvalue weighted by molar-refractivity contribution is -0.147. The molecule has 6 amide bonds. The van der Waals surface area contributed by atoms with Crippen LogP contribution in [0.4, 0.5) is 0 Å². The maximum Gasteiger partial charge on any atom is 0.245 e. The van der Waals surface area contributed by atoms with E-state index in [0.29, 0.717) is 32.4 Å². The molecule has 13 nitrogen and oxygen atoms in total. The van der Waals surface area contributed by atoms with E-state index in [1.807, 2.05) is 27.7 Å². The number of piperidine rings is 1. The Kier molecular flexibility index (Phi) is 13.6. The lowest BCUT2D eigenvalue weighted by Gasteiger charge is -2.39. The Bertz CT molecular complexity index is 1070. The van der Waals surface area contributed by atoms with Gasteiger partial charge < -0.3 is 36.2 Å². The molecule has 2 fully saturated rings. The number of aliphatic hydroxyl groups excluding tert-OH is 1. The number of likely N-dealkylation sites (N-methyl/N-ethyl adjacent to an activating group) is 1. The number of likely N-dealkylation sites (tertiary alicyclic amines) is 2. The second-order valence-electron chi connectivity index (χ2n) is 13.1. The fourth-order valence-electron chi connectivity index (χ4n) is 5.77. The maximum atomic E-state index is 13.8. The van der Waals surface area contributed by atoms with Crippen LogP contribution in [-0.4, -0.2) is 107 Å². The molecule has 0 spiro atoms. The first-order valence-electron chi connectivity index (χ1n) is 16.0. The Balaban J connectivity index is 2.19. The van der Waals surface area contributed by atoms with Gasteiger partial charge in [-0.15, -0.1) is 0 Å². The van der Waals surface area contributed by atoms with E-state index in [2.05, 4.69) is 21.3 Å². The van der Waals surface area contributed by atoms with E-state index in [1.54, 1.807) is 20.8 Å². The molecule has 0 aromatic carbocycles. The molecule has 2 saturated heterocycles. The highest BCUT2D eigenvalue weighted by Crippen LogP contribution is 2.26. The number of hydrogen-bond acceptors (Lipinski definition) is 7. The average molecular weight is 623 g/mol. The van der Waals surface area contributed by atoms with Crippen molar-refractivity contribution >= 4 is 35.4 Å². The maximum absolute atomic E-state index is 13.8. The Labute approximate surface area is 261 Å². The van der Waals surface area contributed by atoms with Gasteiger partial charge in [-0.05, 0) is 57.3 Å². The standard InChI is InChI=1S/C31H54N6O7/c1-10-22(31(44)37-15-18(5)14-24(37)28(41)35-25(21(8)38)29(42)32-9)34-27(40)23-13-17(4)11-12-36(23)30(43)20(7)33-26(39)19(6)16(2)3/h16-25,38H,10-15H2,1-9H3,(H,32,42)(H,33,39)(H,34,40)(H,35,41)/t17?,18?,19?,20-,21+,22-,23-,24-,25-/m0/s1. The zero-order valence-electron chi connectivity index (χ0n) is 27.8. The summed E-state index contributed by atoms with van der Waals surface area (Å²) in [6.45, 7) is 15.0. The number of amides is 6. The molecule has 44 heavy (non-hydrogen) atoms. The van der Waals surface area contributed by atoms with Crippen molar-refractivity contribution in [1.29, 1.82) is 0 Å². The predicted octanol–water partition coefficient (Wildman–Crippen LogP) is 0.154. The molecule has 3 unspecified atom stereocenters. The third-order valence-electron chi connectivity index (χ3n) is 9.02. The number of carbonyl (C=O) groups excluding carboxylic acids is 6. The molecule has 0 radical (unpaired) electrons. The van der Waals surface area contributed by atoms with Gasteiger partial charge in [0, 0.05) is 26.1 Å². The largest absolute Gasteiger partial charge is 0.391 e. The highest BCUT2D eigenvalue weighted by atomic mass is 16.3. The molecule has 5 N–H and O–H groups in total. The molecule has 0 bridgehead atoms. The van der Waals surface area contributed by atoms with Crippen molar-refractivity contribution in [3.05, 3.63) is 0 Å². The van der Waals surface area contributed by atoms with Crippen molar-refractivity contribution in [3.63, 3.8) is 0 Å². The van der Waals surface area contributed by atoms with Crippen molar-refractivity contribution in [1.82, 2.24) is 31.1 Å². The predicted molar refractivity (Wildman–Crippen MR) is 165 cm³/mol. The van der Waals surface area contributed by atoms with Crippen LogP contribution < -0.4 is 21.3 Å². The minimum atomic E-state index is -1.18. The zero-order valence-corrected chi connectivity index (χ0v) is 27.8. The molecule has 250 valence electrons. The molecule has 0 aliphatic carbocycles. The number of rotatable bonds is 12. The number of hydrogen-bond donors (Lipinski definition) is 5. The second-order valence-corrected chi connectivity index (χ2v) is 13.1. The Morgan fingerprint density at radius 3 is 1.91 bits per heavy atom. The van der Waals surface area contributed by atoms with Crippen LogP contribution in [0.15, 0.2) is 0 Å². The lowest BCUT2D eigenvalue weighted by atomic mass is 9.91. The van der Waals surface area contributed by atoms with Crippen LogP contribution >= 0.6 is 0 Å². The number of nitrogens with one attached hydrogen (secondary N) is 4. The van der Waals surface area contributed by atoms with E-state index in [4.69, 9.17) is 0 Å². The number of aliphatic hydroxyl groups is 1. The summed E-state index contributed by atoms with van der Waals surface area (Å²) in [7, 11) is 1.40. The Hall–Kier alpha value is -3.22. The van der Waals surface area contributed by atoms with Gasteiger partial charge in [0.1, 0.15) is 30.2 Å². The summed E-state index contributed by atoms with van der Waals surface area (Å²) < 4.78 is 0. The topological polar surface area (TPSA) is 177 Å². The third-order valence-corrected chi connectivity index (χ3v) is 9.02. The van der Waals surface area contributed by atoms with E-state index >= 15 is 0 Å². The van der Waals surface area contributed by atoms with Gasteiger partial charge in [0.2, 0.25) is 35.4 Å². The van der Waals surface area contributed by atoms with Crippen molar-refractivity contribution in [2.24, 2.45) is 23.7 Å². The third kappa shape index (κ3) is 9.15. The highest BCUT2D eigenvalue weighted by molar-refractivity contribution is 5.97. The van der Waals surface area contributed by atoms with Gasteiger partial charge in [-0.2, -0.15) is 0 Å². The molecule has 0 saturated carbocycles. The number of carbonyl (C=O) groups is 6. The average Bonchev–Trinajstić information content (AvgIpc) is 3.37. The van der Waals surface area contributed by atoms with Crippen LogP contribution in [0.3, 0.4) is 0 Å². The first-order chi connectivity index (χ1) is 20.5. The van der Waals surface area contributed by atoms with Crippen molar-refractivity contribution in [2.75, 3.05) is 20.1 Å². The molecule has 2 aliphatic rings. The van der Waals surface area contributed by atoms with Gasteiger partial charge in [-0.1, -0.05) is 41.5 Å². The van der Waals surface area contributed by atoms with E-state index in [-0.39, 0.29) is 41.9 Å². The van der Waals surface area contributed by atoms with Crippen molar-refractivity contribution in [3.8, 4) is 0 Å². The van der Waals surface area contributed by atoms with Gasteiger partial charge in [-0.3, -0.25) is 28.8 Å². The minimum absolute atomic E-state index is 0.00433. The van der Waals surface area contributed by atoms with Crippen LogP contribution in [0, 0.1) is 23.7 Å². The van der Waals surface area contributed by atoms with E-state index in [1.165, 1.54) is 23.8 Å². The van der Waals surface area contributed by atoms with E-state index in [0.717, 1.165) is 0 Å². The van der Waals surface area contributed by atoms with Gasteiger partial charge >= 0.3 is 0 Å². The SMILES string of the molecule is CC[C@H](NC(=O)[C@@H]1CC(C)CCN1C(=O)[C@H](C)NC(=O)C(C)C(C)C)C(=O)N1CC(C)C[C@H]1C(=O)N[C@H](C(=O)NC)[C@@H](C)O. The molecular formula is C31H54N6O7.